The minimum absolute atomic E-state index is 0.0524. The summed E-state index contributed by atoms with van der Waals surface area (Å²) < 4.78 is 6.55. The molecule has 0 aliphatic carbocycles. The number of anilines is 1. The standard InChI is InChI=1S/C22H24ClN3O2S/c1-15-13-16(2)20-19(14-15)29-22(24-20)26(8-7-25-9-11-28-12-10-25)21(27)17-3-5-18(23)6-4-17/h3-6,13-14H,7-12H2,1-2H3. The third-order valence-electron chi connectivity index (χ3n) is 5.13. The number of carbonyl (C=O) groups is 1. The fourth-order valence-electron chi connectivity index (χ4n) is 3.57. The number of aromatic nitrogens is 1. The highest BCUT2D eigenvalue weighted by Crippen LogP contribution is 2.32. The number of ether oxygens (including phenoxy) is 1. The van der Waals surface area contributed by atoms with Gasteiger partial charge in [-0.3, -0.25) is 14.6 Å². The van der Waals surface area contributed by atoms with E-state index in [1.807, 2.05) is 0 Å². The Morgan fingerprint density at radius 3 is 2.66 bits per heavy atom. The summed E-state index contributed by atoms with van der Waals surface area (Å²) in [5, 5.41) is 1.36. The van der Waals surface area contributed by atoms with Crippen LogP contribution in [0, 0.1) is 13.8 Å². The first-order chi connectivity index (χ1) is 14.0. The number of thiazole rings is 1. The maximum Gasteiger partial charge on any atom is 0.260 e. The Morgan fingerprint density at radius 2 is 1.93 bits per heavy atom. The number of aryl methyl sites for hydroxylation is 2. The van der Waals surface area contributed by atoms with Crippen molar-refractivity contribution in [1.29, 1.82) is 0 Å². The number of fused-ring (bicyclic) bond motifs is 1. The van der Waals surface area contributed by atoms with Gasteiger partial charge in [-0.05, 0) is 55.3 Å². The zero-order chi connectivity index (χ0) is 20.4. The van der Waals surface area contributed by atoms with Crippen molar-refractivity contribution in [3.63, 3.8) is 0 Å². The van der Waals surface area contributed by atoms with E-state index in [1.54, 1.807) is 40.5 Å². The second kappa shape index (κ2) is 8.79. The van der Waals surface area contributed by atoms with Gasteiger partial charge in [-0.15, -0.1) is 0 Å². The van der Waals surface area contributed by atoms with Crippen molar-refractivity contribution in [2.24, 2.45) is 0 Å². The van der Waals surface area contributed by atoms with Crippen LogP contribution in [0.2, 0.25) is 5.02 Å². The van der Waals surface area contributed by atoms with Gasteiger partial charge in [0.2, 0.25) is 0 Å². The Kier molecular flexibility index (Phi) is 6.15. The molecule has 4 rings (SSSR count). The number of hydrogen-bond acceptors (Lipinski definition) is 5. The molecule has 2 aromatic carbocycles. The first kappa shape index (κ1) is 20.3. The highest BCUT2D eigenvalue weighted by atomic mass is 35.5. The molecule has 3 aromatic rings. The number of carbonyl (C=O) groups excluding carboxylic acids is 1. The Bertz CT molecular complexity index is 1010. The lowest BCUT2D eigenvalue weighted by atomic mass is 10.1. The third kappa shape index (κ3) is 4.61. The van der Waals surface area contributed by atoms with Gasteiger partial charge in [0.05, 0.1) is 23.4 Å². The van der Waals surface area contributed by atoms with Gasteiger partial charge in [-0.2, -0.15) is 0 Å². The van der Waals surface area contributed by atoms with Gasteiger partial charge in [-0.25, -0.2) is 4.98 Å². The van der Waals surface area contributed by atoms with Crippen molar-refractivity contribution < 1.29 is 9.53 Å². The predicted molar refractivity (Wildman–Crippen MR) is 119 cm³/mol. The fourth-order valence-corrected chi connectivity index (χ4v) is 4.87. The number of rotatable bonds is 5. The highest BCUT2D eigenvalue weighted by Gasteiger charge is 2.23. The van der Waals surface area contributed by atoms with Crippen molar-refractivity contribution >= 4 is 44.2 Å². The van der Waals surface area contributed by atoms with Crippen LogP contribution in [0.3, 0.4) is 0 Å². The first-order valence-corrected chi connectivity index (χ1v) is 11.0. The lowest BCUT2D eigenvalue weighted by Gasteiger charge is -2.29. The van der Waals surface area contributed by atoms with E-state index < -0.39 is 0 Å². The van der Waals surface area contributed by atoms with E-state index in [9.17, 15) is 4.79 Å². The Labute approximate surface area is 179 Å². The van der Waals surface area contributed by atoms with E-state index in [4.69, 9.17) is 21.3 Å². The third-order valence-corrected chi connectivity index (χ3v) is 6.41. The van der Waals surface area contributed by atoms with E-state index in [-0.39, 0.29) is 5.91 Å². The van der Waals surface area contributed by atoms with Gasteiger partial charge >= 0.3 is 0 Å². The van der Waals surface area contributed by atoms with Crippen LogP contribution in [0.1, 0.15) is 21.5 Å². The lowest BCUT2D eigenvalue weighted by Crippen LogP contribution is -2.43. The number of hydrogen-bond donors (Lipinski definition) is 0. The van der Waals surface area contributed by atoms with Crippen molar-refractivity contribution in [2.45, 2.75) is 13.8 Å². The molecule has 0 N–H and O–H groups in total. The molecule has 7 heteroatoms. The van der Waals surface area contributed by atoms with Crippen molar-refractivity contribution in [3.8, 4) is 0 Å². The molecule has 29 heavy (non-hydrogen) atoms. The minimum atomic E-state index is -0.0524. The average molecular weight is 430 g/mol. The van der Waals surface area contributed by atoms with E-state index in [1.165, 1.54) is 5.56 Å². The second-order valence-corrected chi connectivity index (χ2v) is 8.79. The Morgan fingerprint density at radius 1 is 1.21 bits per heavy atom. The zero-order valence-electron chi connectivity index (χ0n) is 16.7. The monoisotopic (exact) mass is 429 g/mol. The van der Waals surface area contributed by atoms with E-state index in [2.05, 4.69) is 30.9 Å². The normalized spacial score (nSPS) is 15.0. The molecule has 0 unspecified atom stereocenters. The summed E-state index contributed by atoms with van der Waals surface area (Å²) in [6.07, 6.45) is 0. The molecule has 152 valence electrons. The summed E-state index contributed by atoms with van der Waals surface area (Å²) >= 11 is 7.58. The quantitative estimate of drug-likeness (QED) is 0.597. The molecule has 0 spiro atoms. The molecule has 0 atom stereocenters. The predicted octanol–water partition coefficient (Wildman–Crippen LogP) is 4.55. The molecule has 1 aromatic heterocycles. The number of morpholine rings is 1. The van der Waals surface area contributed by atoms with Crippen LogP contribution >= 0.6 is 22.9 Å². The van der Waals surface area contributed by atoms with E-state index in [0.717, 1.165) is 53.8 Å². The van der Waals surface area contributed by atoms with Crippen LogP contribution in [-0.2, 0) is 4.74 Å². The number of halogens is 1. The lowest BCUT2D eigenvalue weighted by molar-refractivity contribution is 0.0391. The number of amides is 1. The molecular weight excluding hydrogens is 406 g/mol. The highest BCUT2D eigenvalue weighted by molar-refractivity contribution is 7.22. The average Bonchev–Trinajstić information content (AvgIpc) is 3.13. The fraction of sp³-hybridized carbons (Fsp3) is 0.364. The minimum Gasteiger partial charge on any atom is -0.379 e. The van der Waals surface area contributed by atoms with Crippen molar-refractivity contribution in [1.82, 2.24) is 9.88 Å². The van der Waals surface area contributed by atoms with E-state index >= 15 is 0 Å². The smallest absolute Gasteiger partial charge is 0.260 e. The molecule has 0 bridgehead atoms. The zero-order valence-corrected chi connectivity index (χ0v) is 18.2. The van der Waals surface area contributed by atoms with Gasteiger partial charge < -0.3 is 4.74 Å². The van der Waals surface area contributed by atoms with Crippen molar-refractivity contribution in [2.75, 3.05) is 44.3 Å². The SMILES string of the molecule is Cc1cc(C)c2nc(N(CCN3CCOCC3)C(=O)c3ccc(Cl)cc3)sc2c1. The molecule has 2 heterocycles. The maximum absolute atomic E-state index is 13.4. The number of nitrogens with zero attached hydrogens (tertiary/aromatic N) is 3. The van der Waals surface area contributed by atoms with Crippen LogP contribution in [0.15, 0.2) is 36.4 Å². The first-order valence-electron chi connectivity index (χ1n) is 9.76. The molecule has 0 saturated carbocycles. The topological polar surface area (TPSA) is 45.7 Å². The van der Waals surface area contributed by atoms with Gasteiger partial charge in [0.25, 0.3) is 5.91 Å². The second-order valence-electron chi connectivity index (χ2n) is 7.34. The molecular formula is C22H24ClN3O2S. The molecule has 1 aliphatic rings. The van der Waals surface area contributed by atoms with Gasteiger partial charge in [-0.1, -0.05) is 29.0 Å². The summed E-state index contributed by atoms with van der Waals surface area (Å²) in [5.74, 6) is -0.0524. The largest absolute Gasteiger partial charge is 0.379 e. The Balaban J connectivity index is 1.66. The van der Waals surface area contributed by atoms with Crippen LogP contribution < -0.4 is 4.90 Å². The molecule has 1 saturated heterocycles. The molecule has 1 fully saturated rings. The summed E-state index contributed by atoms with van der Waals surface area (Å²) in [6.45, 7) is 8.78. The molecule has 1 amide bonds. The van der Waals surface area contributed by atoms with Crippen LogP contribution in [0.5, 0.6) is 0 Å². The number of benzene rings is 2. The Hall–Kier alpha value is -1.99. The van der Waals surface area contributed by atoms with Crippen LogP contribution in [0.25, 0.3) is 10.2 Å². The van der Waals surface area contributed by atoms with Crippen LogP contribution in [0.4, 0.5) is 5.13 Å². The maximum atomic E-state index is 13.4. The van der Waals surface area contributed by atoms with Gasteiger partial charge in [0, 0.05) is 36.8 Å². The van der Waals surface area contributed by atoms with Crippen molar-refractivity contribution in [3.05, 3.63) is 58.1 Å². The van der Waals surface area contributed by atoms with Gasteiger partial charge in [0.15, 0.2) is 5.13 Å². The molecule has 1 aliphatic heterocycles. The van der Waals surface area contributed by atoms with E-state index in [0.29, 0.717) is 17.1 Å². The molecule has 5 nitrogen and oxygen atoms in total. The van der Waals surface area contributed by atoms with Crippen LogP contribution in [-0.4, -0.2) is 55.2 Å². The summed E-state index contributed by atoms with van der Waals surface area (Å²) in [7, 11) is 0. The summed E-state index contributed by atoms with van der Waals surface area (Å²) in [4.78, 5) is 22.3. The molecule has 0 radical (unpaired) electrons. The van der Waals surface area contributed by atoms with Gasteiger partial charge in [0.1, 0.15) is 0 Å². The summed E-state index contributed by atoms with van der Waals surface area (Å²) in [6, 6.07) is 11.3. The summed E-state index contributed by atoms with van der Waals surface area (Å²) in [5.41, 5.74) is 3.92.